The zero-order chi connectivity index (χ0) is 72.1. The lowest BCUT2D eigenvalue weighted by Gasteiger charge is -2.24. The van der Waals surface area contributed by atoms with Crippen molar-refractivity contribution in [1.29, 1.82) is 0 Å². The molecule has 2 saturated heterocycles. The second kappa shape index (κ2) is 31.3. The first-order chi connectivity index (χ1) is 49.7. The third-order valence-electron chi connectivity index (χ3n) is 18.1. The van der Waals surface area contributed by atoms with Gasteiger partial charge in [-0.05, 0) is 141 Å². The third kappa shape index (κ3) is 16.5. The first-order valence-corrected chi connectivity index (χ1v) is 34.6. The van der Waals surface area contributed by atoms with Crippen LogP contribution in [-0.2, 0) is 40.0 Å². The van der Waals surface area contributed by atoms with Crippen molar-refractivity contribution in [3.8, 4) is 56.8 Å². The summed E-state index contributed by atoms with van der Waals surface area (Å²) in [4.78, 5) is 67.8. The smallest absolute Gasteiger partial charge is 0.410 e. The van der Waals surface area contributed by atoms with E-state index in [1.54, 1.807) is 41.6 Å². The lowest BCUT2D eigenvalue weighted by Crippen LogP contribution is -2.36. The van der Waals surface area contributed by atoms with Crippen LogP contribution in [0.1, 0.15) is 139 Å². The van der Waals surface area contributed by atoms with Crippen LogP contribution < -0.4 is 25.4 Å². The maximum Gasteiger partial charge on any atom is 0.410 e. The van der Waals surface area contributed by atoms with E-state index in [0.29, 0.717) is 74.0 Å². The molecule has 0 bridgehead atoms. The molecule has 12 aromatic rings. The Labute approximate surface area is 628 Å². The highest BCUT2D eigenvalue weighted by Gasteiger charge is 2.32. The summed E-state index contributed by atoms with van der Waals surface area (Å²) in [6.45, 7) is 23.1. The number of aryl methyl sites for hydroxylation is 4. The van der Waals surface area contributed by atoms with Crippen molar-refractivity contribution < 1.29 is 61.6 Å². The van der Waals surface area contributed by atoms with Crippen molar-refractivity contribution >= 4 is 62.1 Å². The van der Waals surface area contributed by atoms with Gasteiger partial charge >= 0.3 is 6.09 Å². The van der Waals surface area contributed by atoms with Gasteiger partial charge in [0.1, 0.15) is 41.0 Å². The molecule has 0 aliphatic carbocycles. The monoisotopic (exact) mass is 1430 g/mol. The summed E-state index contributed by atoms with van der Waals surface area (Å²) >= 11 is 0. The Balaban J connectivity index is -0.000000478. The van der Waals surface area contributed by atoms with E-state index in [1.807, 2.05) is 145 Å². The lowest BCUT2D eigenvalue weighted by molar-refractivity contribution is -0.114. The maximum absolute atomic E-state index is 13.4. The third-order valence-corrected chi connectivity index (χ3v) is 18.1. The molecule has 2 fully saturated rings. The SMILES string of the molecule is C.C=C(F)C(=O)Nc1ccc2c(-c3ccccc3CCc3nc(-c4cccc(OC5CCN(C(=O)OC(C)(C)C)C5)c4)nc4c(C(C)C)cnn34)nccc2c1.C=C(F)C(=O)Nc1ccc2c(-c3ccccc3CCc3nc(-c4cccc(OC5CCNC5)c4)nc4c(C(C)C)cnn34)nccc2c1.[HH].[HH].[HH].[HH].[HH].[HH].[HH].[HH].[HH].[HH].[HH].[HH].[HH].[HH].[HH].[HH].[HH]. The topological polar surface area (TPSA) is 230 Å². The Kier molecular flexibility index (Phi) is 21.7. The predicted molar refractivity (Wildman–Crippen MR) is 439 cm³/mol. The average Bonchev–Trinajstić information content (AvgIpc) is 1.71. The van der Waals surface area contributed by atoms with Gasteiger partial charge in [0.15, 0.2) is 34.6 Å². The second-order valence-electron chi connectivity index (χ2n) is 27.4. The largest absolute Gasteiger partial charge is 0.489 e. The minimum atomic E-state index is -1.05. The second-order valence-corrected chi connectivity index (χ2v) is 27.4. The van der Waals surface area contributed by atoms with E-state index in [0.717, 1.165) is 126 Å². The molecule has 566 valence electrons. The summed E-state index contributed by atoms with van der Waals surface area (Å²) in [5, 5.41) is 21.4. The minimum absolute atomic E-state index is 0. The number of ether oxygens (including phenoxy) is 3. The molecule has 2 unspecified atom stereocenters. The average molecular weight is 1430 g/mol. The molecule has 20 nitrogen and oxygen atoms in total. The molecule has 2 aliphatic heterocycles. The van der Waals surface area contributed by atoms with Gasteiger partial charge in [0.05, 0.1) is 30.3 Å². The van der Waals surface area contributed by atoms with Crippen LogP contribution in [0.15, 0.2) is 195 Å². The number of halogens is 2. The molecule has 22 heteroatoms. The van der Waals surface area contributed by atoms with Crippen molar-refractivity contribution in [3.05, 3.63) is 229 Å². The first kappa shape index (κ1) is 72.1. The number of pyridine rings is 2. The molecule has 0 spiro atoms. The van der Waals surface area contributed by atoms with E-state index >= 15 is 0 Å². The van der Waals surface area contributed by atoms with E-state index < -0.39 is 29.1 Å². The van der Waals surface area contributed by atoms with Crippen molar-refractivity contribution in [2.45, 2.75) is 124 Å². The number of fused-ring (bicyclic) bond motifs is 4. The molecule has 0 saturated carbocycles. The number of hydrogen-bond donors (Lipinski definition) is 3. The standard InChI is InChI=1S/C43H44FN7O4.C38H36FN7O2.CH4.17H2/c1-26(2)36-24-46-51-37(17-14-28-10-7-8-13-34(28)38-35-16-15-31(47-41(52)27(3)44)22-29(35)18-20-45-38)48-39(49-40(36)51)30-11-9-12-32(23-30)54-33-19-21-50(25-33)42(53)55-43(4,5)6;1-23(2)33-22-42-46-34(44-36(45-37(33)46)27-8-6-9-29(20-27)48-30-16-17-40-21-30)14-11-25-7-4-5-10-31(25)35-32-13-12-28(43-38(47)24(3)39)19-26(32)15-18-41-35;;;;;;;;;;;;;;;;;;/h7-13,15-16,18,20,22-24,26,33H,3,14,17,19,21,25H2,1-2,4-6H3,(H,47,52);4-10,12-13,15,18-20,22-23,30,40H,3,11,14,16-17,21H2,1-2H3,(H,43,47);1H4;17*1H. The van der Waals surface area contributed by atoms with Crippen LogP contribution >= 0.6 is 0 Å². The number of aromatic nitrogens is 10. The van der Waals surface area contributed by atoms with Gasteiger partial charge in [-0.3, -0.25) is 19.6 Å². The summed E-state index contributed by atoms with van der Waals surface area (Å²) in [5.41, 5.74) is 11.5. The van der Waals surface area contributed by atoms with E-state index in [9.17, 15) is 23.2 Å². The van der Waals surface area contributed by atoms with E-state index in [2.05, 4.69) is 75.0 Å². The molecule has 2 aliphatic rings. The number of nitrogens with zero attached hydrogens (tertiary/aromatic N) is 11. The molecule has 104 heavy (non-hydrogen) atoms. The summed E-state index contributed by atoms with van der Waals surface area (Å²) in [6.07, 6.45) is 11.1. The fourth-order valence-corrected chi connectivity index (χ4v) is 12.9. The number of benzene rings is 6. The van der Waals surface area contributed by atoms with E-state index in [1.165, 1.54) is 0 Å². The summed E-state index contributed by atoms with van der Waals surface area (Å²) < 4.78 is 48.5. The van der Waals surface area contributed by atoms with Crippen molar-refractivity contribution in [1.82, 2.24) is 59.3 Å². The number of carbonyl (C=O) groups is 3. The first-order valence-electron chi connectivity index (χ1n) is 34.6. The van der Waals surface area contributed by atoms with Crippen LogP contribution in [0.25, 0.3) is 78.1 Å². The van der Waals surface area contributed by atoms with Crippen LogP contribution in [0.4, 0.5) is 25.0 Å². The molecule has 3 amide bonds. The Morgan fingerprint density at radius 3 is 1.53 bits per heavy atom. The molecule has 8 heterocycles. The van der Waals surface area contributed by atoms with Crippen molar-refractivity contribution in [2.75, 3.05) is 36.8 Å². The zero-order valence-corrected chi connectivity index (χ0v) is 58.6. The number of hydrogen-bond acceptors (Lipinski definition) is 15. The Hall–Kier alpha value is -11.7. The van der Waals surface area contributed by atoms with E-state index in [-0.39, 0.29) is 61.8 Å². The Morgan fingerprint density at radius 2 is 1.08 bits per heavy atom. The minimum Gasteiger partial charge on any atom is -0.489 e. The highest BCUT2D eigenvalue weighted by molar-refractivity contribution is 6.05. The van der Waals surface area contributed by atoms with Crippen LogP contribution in [0.5, 0.6) is 11.5 Å². The number of nitrogens with one attached hydrogen (secondary N) is 3. The van der Waals surface area contributed by atoms with Crippen LogP contribution in [0.2, 0.25) is 0 Å². The zero-order valence-electron chi connectivity index (χ0n) is 58.6. The molecule has 14 rings (SSSR count). The van der Waals surface area contributed by atoms with Gasteiger partial charge in [0.2, 0.25) is 0 Å². The number of anilines is 2. The quantitative estimate of drug-likeness (QED) is 0.0603. The number of amides is 3. The number of likely N-dealkylation sites (tertiary alicyclic amines) is 1. The number of carbonyl (C=O) groups excluding carboxylic acids is 3. The number of rotatable bonds is 20. The van der Waals surface area contributed by atoms with Gasteiger partial charge in [-0.2, -0.15) is 10.2 Å². The molecule has 2 atom stereocenters. The van der Waals surface area contributed by atoms with Crippen LogP contribution in [-0.4, -0.2) is 116 Å². The fraction of sp³-hybridized carbons (Fsp3) is 0.280. The van der Waals surface area contributed by atoms with Gasteiger partial charge in [-0.1, -0.05) is 133 Å². The molecule has 6 aromatic carbocycles. The normalized spacial score (nSPS) is 14.4. The Bertz CT molecular complexity index is 5280. The van der Waals surface area contributed by atoms with E-state index in [4.69, 9.17) is 54.3 Å². The van der Waals surface area contributed by atoms with Crippen LogP contribution in [0.3, 0.4) is 0 Å². The lowest BCUT2D eigenvalue weighted by atomic mass is 9.96. The highest BCUT2D eigenvalue weighted by atomic mass is 19.1. The van der Waals surface area contributed by atoms with Crippen LogP contribution in [0, 0.1) is 0 Å². The molecular formula is C82H118F2N14O6. The molecule has 6 aromatic heterocycles. The van der Waals surface area contributed by atoms with Gasteiger partial charge < -0.3 is 35.1 Å². The molecule has 3 N–H and O–H groups in total. The fourth-order valence-electron chi connectivity index (χ4n) is 12.9. The van der Waals surface area contributed by atoms with Crippen molar-refractivity contribution in [3.63, 3.8) is 0 Å². The summed E-state index contributed by atoms with van der Waals surface area (Å²) in [5.74, 6) is 0.865. The van der Waals surface area contributed by atoms with Gasteiger partial charge in [0.25, 0.3) is 11.8 Å². The van der Waals surface area contributed by atoms with Gasteiger partial charge in [-0.15, -0.1) is 0 Å². The van der Waals surface area contributed by atoms with Crippen molar-refractivity contribution in [2.24, 2.45) is 0 Å². The molecule has 0 radical (unpaired) electrons. The van der Waals surface area contributed by atoms with Gasteiger partial charge in [-0.25, -0.2) is 42.5 Å². The summed E-state index contributed by atoms with van der Waals surface area (Å²) in [6, 6.07) is 46.7. The predicted octanol–water partition coefficient (Wildman–Crippen LogP) is 20.6. The van der Waals surface area contributed by atoms with Gasteiger partial charge in [0, 0.05) is 125 Å². The molecular weight excluding hydrogens is 1310 g/mol. The highest BCUT2D eigenvalue weighted by Crippen LogP contribution is 2.36. The maximum atomic E-state index is 13.4. The summed E-state index contributed by atoms with van der Waals surface area (Å²) in [7, 11) is 0. The Morgan fingerprint density at radius 1 is 0.596 bits per heavy atom.